The number of benzene rings is 1. The van der Waals surface area contributed by atoms with E-state index in [1.165, 1.54) is 11.8 Å². The molecule has 2 heterocycles. The van der Waals surface area contributed by atoms with Gasteiger partial charge in [-0.15, -0.1) is 0 Å². The molecule has 1 aromatic carbocycles. The molecule has 0 radical (unpaired) electrons. The van der Waals surface area contributed by atoms with E-state index in [0.29, 0.717) is 25.3 Å². The number of nitrogens with one attached hydrogen (secondary N) is 1. The molecular weight excluding hydrogens is 406 g/mol. The summed E-state index contributed by atoms with van der Waals surface area (Å²) in [6.07, 6.45) is 4.98. The van der Waals surface area contributed by atoms with Gasteiger partial charge in [0, 0.05) is 51.9 Å². The van der Waals surface area contributed by atoms with Crippen molar-refractivity contribution in [1.82, 2.24) is 25.1 Å². The number of ether oxygens (including phenoxy) is 1. The van der Waals surface area contributed by atoms with Gasteiger partial charge >= 0.3 is 0 Å². The number of nitrogens with zero attached hydrogens (tertiary/aromatic N) is 4. The van der Waals surface area contributed by atoms with Crippen LogP contribution in [0.5, 0.6) is 0 Å². The van der Waals surface area contributed by atoms with Gasteiger partial charge in [-0.05, 0) is 25.3 Å². The summed E-state index contributed by atoms with van der Waals surface area (Å²) in [5, 5.41) is 2.95. The van der Waals surface area contributed by atoms with Crippen molar-refractivity contribution in [3.63, 3.8) is 0 Å². The molecule has 0 unspecified atom stereocenters. The molecule has 1 fully saturated rings. The predicted molar refractivity (Wildman–Crippen MR) is 122 cm³/mol. The SMILES string of the molecule is Cc1cnc(C(=O)N(CCCN2CCOCC2)CCC(=O)NCCc2ccccc2)cn1. The lowest BCUT2D eigenvalue weighted by atomic mass is 10.1. The molecular formula is C24H33N5O3. The monoisotopic (exact) mass is 439 g/mol. The van der Waals surface area contributed by atoms with E-state index in [1.807, 2.05) is 37.3 Å². The van der Waals surface area contributed by atoms with Gasteiger partial charge in [0.1, 0.15) is 5.69 Å². The van der Waals surface area contributed by atoms with E-state index in [0.717, 1.165) is 51.4 Å². The summed E-state index contributed by atoms with van der Waals surface area (Å²) < 4.78 is 5.39. The molecule has 0 spiro atoms. The molecule has 1 saturated heterocycles. The first-order chi connectivity index (χ1) is 15.6. The highest BCUT2D eigenvalue weighted by molar-refractivity contribution is 5.92. The standard InChI is InChI=1S/C24H33N5O3/c1-20-18-27-22(19-26-20)24(31)29(12-5-11-28-14-16-32-17-15-28)13-9-23(30)25-10-8-21-6-3-2-4-7-21/h2-4,6-7,18-19H,5,8-17H2,1H3,(H,25,30). The van der Waals surface area contributed by atoms with Gasteiger partial charge in [0.2, 0.25) is 5.91 Å². The van der Waals surface area contributed by atoms with Crippen molar-refractivity contribution < 1.29 is 14.3 Å². The average molecular weight is 440 g/mol. The van der Waals surface area contributed by atoms with E-state index < -0.39 is 0 Å². The molecule has 8 heteroatoms. The molecule has 0 bridgehead atoms. The summed E-state index contributed by atoms with van der Waals surface area (Å²) in [4.78, 5) is 37.8. The maximum atomic E-state index is 13.0. The normalized spacial score (nSPS) is 14.2. The van der Waals surface area contributed by atoms with Crippen LogP contribution in [0.25, 0.3) is 0 Å². The van der Waals surface area contributed by atoms with Gasteiger partial charge in [0.15, 0.2) is 0 Å². The minimum atomic E-state index is -0.184. The minimum absolute atomic E-state index is 0.0538. The van der Waals surface area contributed by atoms with Crippen molar-refractivity contribution in [1.29, 1.82) is 0 Å². The molecule has 2 amide bonds. The second-order valence-corrected chi connectivity index (χ2v) is 7.98. The Morgan fingerprint density at radius 3 is 2.59 bits per heavy atom. The first-order valence-corrected chi connectivity index (χ1v) is 11.3. The number of hydrogen-bond donors (Lipinski definition) is 1. The number of hydrogen-bond acceptors (Lipinski definition) is 6. The Kier molecular flexibility index (Phi) is 9.59. The summed E-state index contributed by atoms with van der Waals surface area (Å²) in [5.74, 6) is -0.238. The van der Waals surface area contributed by atoms with Crippen LogP contribution in [-0.2, 0) is 16.0 Å². The number of carbonyl (C=O) groups is 2. The van der Waals surface area contributed by atoms with Crippen LogP contribution in [0.4, 0.5) is 0 Å². The van der Waals surface area contributed by atoms with Crippen molar-refractivity contribution in [3.8, 4) is 0 Å². The molecule has 2 aromatic rings. The lowest BCUT2D eigenvalue weighted by Crippen LogP contribution is -2.40. The van der Waals surface area contributed by atoms with E-state index in [9.17, 15) is 9.59 Å². The van der Waals surface area contributed by atoms with Crippen LogP contribution >= 0.6 is 0 Å². The van der Waals surface area contributed by atoms with Gasteiger partial charge in [-0.2, -0.15) is 0 Å². The Bertz CT molecular complexity index is 838. The third-order valence-corrected chi connectivity index (χ3v) is 5.48. The molecule has 1 N–H and O–H groups in total. The Balaban J connectivity index is 1.49. The quantitative estimate of drug-likeness (QED) is 0.573. The van der Waals surface area contributed by atoms with E-state index >= 15 is 0 Å². The van der Waals surface area contributed by atoms with E-state index in [1.54, 1.807) is 11.1 Å². The topological polar surface area (TPSA) is 87.7 Å². The van der Waals surface area contributed by atoms with Crippen molar-refractivity contribution in [2.24, 2.45) is 0 Å². The fraction of sp³-hybridized carbons (Fsp3) is 0.500. The van der Waals surface area contributed by atoms with Crippen LogP contribution in [0, 0.1) is 6.92 Å². The van der Waals surface area contributed by atoms with Crippen molar-refractivity contribution >= 4 is 11.8 Å². The number of morpholine rings is 1. The molecule has 0 aliphatic carbocycles. The van der Waals surface area contributed by atoms with Crippen molar-refractivity contribution in [3.05, 3.63) is 59.7 Å². The van der Waals surface area contributed by atoms with Gasteiger partial charge in [0.25, 0.3) is 5.91 Å². The number of carbonyl (C=O) groups excluding carboxylic acids is 2. The summed E-state index contributed by atoms with van der Waals surface area (Å²) in [6, 6.07) is 10.1. The fourth-order valence-corrected chi connectivity index (χ4v) is 3.61. The lowest BCUT2D eigenvalue weighted by Gasteiger charge is -2.28. The van der Waals surface area contributed by atoms with Crippen molar-refractivity contribution in [2.75, 3.05) is 52.5 Å². The minimum Gasteiger partial charge on any atom is -0.379 e. The molecule has 1 aliphatic rings. The third kappa shape index (κ3) is 8.01. The maximum absolute atomic E-state index is 13.0. The smallest absolute Gasteiger partial charge is 0.274 e. The number of aryl methyl sites for hydroxylation is 1. The van der Waals surface area contributed by atoms with Crippen LogP contribution in [0.15, 0.2) is 42.7 Å². The molecule has 172 valence electrons. The second kappa shape index (κ2) is 12.9. The van der Waals surface area contributed by atoms with Crippen molar-refractivity contribution in [2.45, 2.75) is 26.2 Å². The van der Waals surface area contributed by atoms with Gasteiger partial charge < -0.3 is 15.0 Å². The average Bonchev–Trinajstić information content (AvgIpc) is 2.82. The zero-order valence-electron chi connectivity index (χ0n) is 18.8. The Labute approximate surface area is 190 Å². The largest absolute Gasteiger partial charge is 0.379 e. The van der Waals surface area contributed by atoms with E-state index in [-0.39, 0.29) is 18.2 Å². The number of aromatic nitrogens is 2. The summed E-state index contributed by atoms with van der Waals surface area (Å²) in [5.41, 5.74) is 2.26. The Morgan fingerprint density at radius 1 is 1.09 bits per heavy atom. The number of rotatable bonds is 11. The Morgan fingerprint density at radius 2 is 1.88 bits per heavy atom. The highest BCUT2D eigenvalue weighted by Gasteiger charge is 2.19. The molecule has 1 aromatic heterocycles. The fourth-order valence-electron chi connectivity index (χ4n) is 3.61. The van der Waals surface area contributed by atoms with E-state index in [2.05, 4.69) is 20.2 Å². The van der Waals surface area contributed by atoms with Crippen LogP contribution in [0.1, 0.15) is 34.6 Å². The highest BCUT2D eigenvalue weighted by Crippen LogP contribution is 2.06. The van der Waals surface area contributed by atoms with Crippen LogP contribution in [0.3, 0.4) is 0 Å². The van der Waals surface area contributed by atoms with Gasteiger partial charge in [0.05, 0.1) is 25.1 Å². The highest BCUT2D eigenvalue weighted by atomic mass is 16.5. The molecule has 3 rings (SSSR count). The van der Waals surface area contributed by atoms with Gasteiger partial charge in [-0.1, -0.05) is 30.3 Å². The zero-order chi connectivity index (χ0) is 22.6. The molecule has 0 saturated carbocycles. The molecule has 1 aliphatic heterocycles. The first-order valence-electron chi connectivity index (χ1n) is 11.3. The molecule has 32 heavy (non-hydrogen) atoms. The lowest BCUT2D eigenvalue weighted by molar-refractivity contribution is -0.121. The summed E-state index contributed by atoms with van der Waals surface area (Å²) in [7, 11) is 0. The Hall–Kier alpha value is -2.84. The maximum Gasteiger partial charge on any atom is 0.274 e. The predicted octanol–water partition coefficient (Wildman–Crippen LogP) is 1.70. The second-order valence-electron chi connectivity index (χ2n) is 7.98. The molecule has 0 atom stereocenters. The van der Waals surface area contributed by atoms with Gasteiger partial charge in [-0.3, -0.25) is 19.5 Å². The molecule has 8 nitrogen and oxygen atoms in total. The first kappa shape index (κ1) is 23.8. The van der Waals surface area contributed by atoms with Crippen LogP contribution in [0.2, 0.25) is 0 Å². The van der Waals surface area contributed by atoms with E-state index in [4.69, 9.17) is 4.74 Å². The number of amides is 2. The summed E-state index contributed by atoms with van der Waals surface area (Å²) in [6.45, 7) is 7.59. The van der Waals surface area contributed by atoms with Gasteiger partial charge in [-0.25, -0.2) is 4.98 Å². The van der Waals surface area contributed by atoms with Crippen LogP contribution < -0.4 is 5.32 Å². The zero-order valence-corrected chi connectivity index (χ0v) is 18.8. The third-order valence-electron chi connectivity index (χ3n) is 5.48. The summed E-state index contributed by atoms with van der Waals surface area (Å²) >= 11 is 0. The van der Waals surface area contributed by atoms with Crippen LogP contribution in [-0.4, -0.2) is 84.1 Å².